The molecule has 1 unspecified atom stereocenters. The molecule has 1 fully saturated rings. The molecule has 2 heterocycles. The summed E-state index contributed by atoms with van der Waals surface area (Å²) >= 11 is 0. The molecule has 1 aliphatic heterocycles. The van der Waals surface area contributed by atoms with Crippen LogP contribution in [0.1, 0.15) is 30.4 Å². The van der Waals surface area contributed by atoms with Gasteiger partial charge in [-0.15, -0.1) is 12.4 Å². The minimum atomic E-state index is 0. The molecule has 0 bridgehead atoms. The van der Waals surface area contributed by atoms with Crippen LogP contribution in [-0.2, 0) is 11.2 Å². The smallest absolute Gasteiger partial charge is 0.237 e. The van der Waals surface area contributed by atoms with Crippen molar-refractivity contribution < 1.29 is 4.79 Å². The fraction of sp³-hybridized carbons (Fsp3) is 0.471. The summed E-state index contributed by atoms with van der Waals surface area (Å²) in [5.41, 5.74) is 3.73. The molecule has 1 atom stereocenters. The van der Waals surface area contributed by atoms with Gasteiger partial charge in [-0.05, 0) is 43.9 Å². The molecule has 3 rings (SSSR count). The van der Waals surface area contributed by atoms with Crippen LogP contribution < -0.4 is 10.6 Å². The lowest BCUT2D eigenvalue weighted by Gasteiger charge is -2.22. The van der Waals surface area contributed by atoms with Crippen molar-refractivity contribution in [3.63, 3.8) is 0 Å². The van der Waals surface area contributed by atoms with Crippen LogP contribution in [-0.4, -0.2) is 30.0 Å². The zero-order valence-electron chi connectivity index (χ0n) is 12.9. The Bertz CT molecular complexity index is 632. The van der Waals surface area contributed by atoms with Crippen LogP contribution in [0.25, 0.3) is 10.9 Å². The fourth-order valence-corrected chi connectivity index (χ4v) is 3.09. The summed E-state index contributed by atoms with van der Waals surface area (Å²) in [5.74, 6) is 0.144. The lowest BCUT2D eigenvalue weighted by molar-refractivity contribution is -0.123. The molecule has 22 heavy (non-hydrogen) atoms. The summed E-state index contributed by atoms with van der Waals surface area (Å²) in [6.07, 6.45) is 6.20. The standard InChI is InChI=1S/C17H23N3O.ClH/c1-12-5-4-6-14-13(11-20-16(12)14)8-10-19-17(21)15-7-2-3-9-18-15;/h4-6,11,15,18,20H,2-3,7-10H2,1H3,(H,19,21);1H. The first-order valence-corrected chi connectivity index (χ1v) is 7.82. The van der Waals surface area contributed by atoms with Crippen LogP contribution in [0.5, 0.6) is 0 Å². The van der Waals surface area contributed by atoms with Crippen LogP contribution in [0, 0.1) is 6.92 Å². The van der Waals surface area contributed by atoms with Gasteiger partial charge in [0.05, 0.1) is 6.04 Å². The Hall–Kier alpha value is -1.52. The van der Waals surface area contributed by atoms with Crippen molar-refractivity contribution in [2.24, 2.45) is 0 Å². The number of H-pyrrole nitrogens is 1. The van der Waals surface area contributed by atoms with Gasteiger partial charge in [-0.3, -0.25) is 4.79 Å². The first-order chi connectivity index (χ1) is 10.3. The second kappa shape index (κ2) is 7.65. The number of aryl methyl sites for hydroxylation is 1. The van der Waals surface area contributed by atoms with Crippen LogP contribution in [0.2, 0.25) is 0 Å². The van der Waals surface area contributed by atoms with E-state index >= 15 is 0 Å². The summed E-state index contributed by atoms with van der Waals surface area (Å²) in [4.78, 5) is 15.4. The van der Waals surface area contributed by atoms with Gasteiger partial charge in [0.15, 0.2) is 0 Å². The third-order valence-electron chi connectivity index (χ3n) is 4.33. The monoisotopic (exact) mass is 321 g/mol. The van der Waals surface area contributed by atoms with Gasteiger partial charge < -0.3 is 15.6 Å². The minimum Gasteiger partial charge on any atom is -0.361 e. The molecule has 0 spiro atoms. The van der Waals surface area contributed by atoms with Gasteiger partial charge in [0.25, 0.3) is 0 Å². The maximum Gasteiger partial charge on any atom is 0.237 e. The largest absolute Gasteiger partial charge is 0.361 e. The van der Waals surface area contributed by atoms with E-state index in [-0.39, 0.29) is 24.4 Å². The number of aromatic amines is 1. The van der Waals surface area contributed by atoms with Crippen molar-refractivity contribution >= 4 is 29.2 Å². The number of aromatic nitrogens is 1. The molecule has 0 saturated carbocycles. The molecule has 1 aromatic carbocycles. The molecular formula is C17H24ClN3O. The first-order valence-electron chi connectivity index (χ1n) is 7.82. The van der Waals surface area contributed by atoms with Crippen molar-refractivity contribution in [3.05, 3.63) is 35.5 Å². The molecule has 0 radical (unpaired) electrons. The third-order valence-corrected chi connectivity index (χ3v) is 4.33. The maximum atomic E-state index is 12.1. The lowest BCUT2D eigenvalue weighted by atomic mass is 10.0. The molecule has 1 aromatic heterocycles. The van der Waals surface area contributed by atoms with Gasteiger partial charge in [0.2, 0.25) is 5.91 Å². The SMILES string of the molecule is Cc1cccc2c(CCNC(=O)C3CCCCN3)c[nH]c12.Cl. The molecule has 0 aliphatic carbocycles. The van der Waals surface area contributed by atoms with E-state index in [0.29, 0.717) is 6.54 Å². The van der Waals surface area contributed by atoms with Crippen molar-refractivity contribution in [1.29, 1.82) is 0 Å². The Kier molecular flexibility index (Phi) is 5.86. The van der Waals surface area contributed by atoms with Gasteiger partial charge in [-0.25, -0.2) is 0 Å². The van der Waals surface area contributed by atoms with E-state index in [9.17, 15) is 4.79 Å². The predicted molar refractivity (Wildman–Crippen MR) is 92.6 cm³/mol. The number of rotatable bonds is 4. The number of para-hydroxylation sites is 1. The molecule has 1 aliphatic rings. The highest BCUT2D eigenvalue weighted by Crippen LogP contribution is 2.21. The van der Waals surface area contributed by atoms with Crippen LogP contribution in [0.15, 0.2) is 24.4 Å². The summed E-state index contributed by atoms with van der Waals surface area (Å²) < 4.78 is 0. The molecule has 1 saturated heterocycles. The summed E-state index contributed by atoms with van der Waals surface area (Å²) in [5, 5.41) is 7.60. The maximum absolute atomic E-state index is 12.1. The number of piperidine rings is 1. The van der Waals surface area contributed by atoms with Crippen molar-refractivity contribution in [3.8, 4) is 0 Å². The van der Waals surface area contributed by atoms with Crippen LogP contribution in [0.4, 0.5) is 0 Å². The normalized spacial score (nSPS) is 18.0. The van der Waals surface area contributed by atoms with E-state index in [0.717, 1.165) is 25.8 Å². The van der Waals surface area contributed by atoms with Gasteiger partial charge in [0, 0.05) is 23.6 Å². The van der Waals surface area contributed by atoms with Crippen molar-refractivity contribution in [2.75, 3.05) is 13.1 Å². The molecule has 1 amide bonds. The number of hydrogen-bond donors (Lipinski definition) is 3. The highest BCUT2D eigenvalue weighted by molar-refractivity contribution is 5.86. The number of halogens is 1. The highest BCUT2D eigenvalue weighted by atomic mass is 35.5. The van der Waals surface area contributed by atoms with E-state index in [1.165, 1.54) is 28.5 Å². The van der Waals surface area contributed by atoms with E-state index < -0.39 is 0 Å². The van der Waals surface area contributed by atoms with Gasteiger partial charge in [0.1, 0.15) is 0 Å². The van der Waals surface area contributed by atoms with Crippen LogP contribution >= 0.6 is 12.4 Å². The second-order valence-electron chi connectivity index (χ2n) is 5.85. The second-order valence-corrected chi connectivity index (χ2v) is 5.85. The van der Waals surface area contributed by atoms with E-state index in [1.807, 2.05) is 0 Å². The Labute approximate surface area is 137 Å². The molecular weight excluding hydrogens is 298 g/mol. The highest BCUT2D eigenvalue weighted by Gasteiger charge is 2.19. The lowest BCUT2D eigenvalue weighted by Crippen LogP contribution is -2.47. The Morgan fingerprint density at radius 3 is 3.00 bits per heavy atom. The van der Waals surface area contributed by atoms with Crippen LogP contribution in [0.3, 0.4) is 0 Å². The van der Waals surface area contributed by atoms with Gasteiger partial charge in [-0.1, -0.05) is 24.6 Å². The quantitative estimate of drug-likeness (QED) is 0.811. The fourth-order valence-electron chi connectivity index (χ4n) is 3.09. The zero-order valence-corrected chi connectivity index (χ0v) is 13.8. The third kappa shape index (κ3) is 3.62. The van der Waals surface area contributed by atoms with Gasteiger partial charge in [-0.2, -0.15) is 0 Å². The number of benzene rings is 1. The number of carbonyl (C=O) groups excluding carboxylic acids is 1. The summed E-state index contributed by atoms with van der Waals surface area (Å²) in [6.45, 7) is 3.76. The Morgan fingerprint density at radius 2 is 2.23 bits per heavy atom. The van der Waals surface area contributed by atoms with Crippen molar-refractivity contribution in [2.45, 2.75) is 38.6 Å². The molecule has 3 N–H and O–H groups in total. The average molecular weight is 322 g/mol. The molecule has 120 valence electrons. The van der Waals surface area contributed by atoms with E-state index in [4.69, 9.17) is 0 Å². The topological polar surface area (TPSA) is 56.9 Å². The first kappa shape index (κ1) is 16.8. The Morgan fingerprint density at radius 1 is 1.36 bits per heavy atom. The average Bonchev–Trinajstić information content (AvgIpc) is 2.93. The number of fused-ring (bicyclic) bond motifs is 1. The molecule has 5 heteroatoms. The summed E-state index contributed by atoms with van der Waals surface area (Å²) in [7, 11) is 0. The predicted octanol–water partition coefficient (Wildman–Crippen LogP) is 2.70. The summed E-state index contributed by atoms with van der Waals surface area (Å²) in [6, 6.07) is 6.33. The number of amides is 1. The Balaban J connectivity index is 0.00000176. The molecule has 4 nitrogen and oxygen atoms in total. The number of nitrogens with one attached hydrogen (secondary N) is 3. The van der Waals surface area contributed by atoms with Crippen molar-refractivity contribution in [1.82, 2.24) is 15.6 Å². The van der Waals surface area contributed by atoms with E-state index in [2.05, 4.69) is 46.9 Å². The number of hydrogen-bond acceptors (Lipinski definition) is 2. The zero-order chi connectivity index (χ0) is 14.7. The van der Waals surface area contributed by atoms with Gasteiger partial charge >= 0.3 is 0 Å². The molecule has 2 aromatic rings. The van der Waals surface area contributed by atoms with E-state index in [1.54, 1.807) is 0 Å². The minimum absolute atomic E-state index is 0. The number of carbonyl (C=O) groups is 1.